The van der Waals surface area contributed by atoms with Gasteiger partial charge in [-0.05, 0) is 31.5 Å². The first-order valence-electron chi connectivity index (χ1n) is 6.51. The van der Waals surface area contributed by atoms with Crippen molar-refractivity contribution >= 4 is 33.4 Å². The van der Waals surface area contributed by atoms with Gasteiger partial charge in [-0.1, -0.05) is 22.9 Å². The molecule has 2 rings (SSSR count). The molecule has 6 heteroatoms. The van der Waals surface area contributed by atoms with Gasteiger partial charge in [0.05, 0.1) is 12.1 Å². The van der Waals surface area contributed by atoms with Crippen molar-refractivity contribution in [3.8, 4) is 0 Å². The minimum absolute atomic E-state index is 0.0681. The van der Waals surface area contributed by atoms with Gasteiger partial charge in [0.2, 0.25) is 5.91 Å². The molecule has 0 aliphatic carbocycles. The number of nitrogens with one attached hydrogen (secondary N) is 1. The smallest absolute Gasteiger partial charge is 0.252 e. The van der Waals surface area contributed by atoms with Crippen LogP contribution in [0.1, 0.15) is 26.7 Å². The summed E-state index contributed by atoms with van der Waals surface area (Å²) in [6.45, 7) is 3.75. The minimum atomic E-state index is -0.688. The van der Waals surface area contributed by atoms with Crippen LogP contribution in [0.15, 0.2) is 22.7 Å². The van der Waals surface area contributed by atoms with Crippen LogP contribution in [0.2, 0.25) is 0 Å². The van der Waals surface area contributed by atoms with E-state index in [2.05, 4.69) is 21.2 Å². The maximum Gasteiger partial charge on any atom is 0.252 e. The van der Waals surface area contributed by atoms with E-state index >= 15 is 0 Å². The standard InChI is InChI=1S/C14H16BrFN2O2/c1-3-8(2)18-13(19)7-12(14(18)20)17-11-5-4-9(15)6-10(11)16/h4-6,8,12,17H,3,7H2,1-2H3. The number of hydrogen-bond donors (Lipinski definition) is 1. The molecule has 2 amide bonds. The average Bonchev–Trinajstić information content (AvgIpc) is 2.67. The first kappa shape index (κ1) is 15.0. The van der Waals surface area contributed by atoms with Gasteiger partial charge >= 0.3 is 0 Å². The fraction of sp³-hybridized carbons (Fsp3) is 0.429. The number of halogens is 2. The monoisotopic (exact) mass is 342 g/mol. The highest BCUT2D eigenvalue weighted by molar-refractivity contribution is 9.10. The maximum absolute atomic E-state index is 13.7. The number of carbonyl (C=O) groups is 2. The summed E-state index contributed by atoms with van der Waals surface area (Å²) in [5, 5.41) is 2.82. The van der Waals surface area contributed by atoms with Gasteiger partial charge in [0, 0.05) is 10.5 Å². The Morgan fingerprint density at radius 3 is 2.80 bits per heavy atom. The van der Waals surface area contributed by atoms with Gasteiger partial charge < -0.3 is 5.32 Å². The Morgan fingerprint density at radius 2 is 2.20 bits per heavy atom. The topological polar surface area (TPSA) is 49.4 Å². The van der Waals surface area contributed by atoms with E-state index in [0.29, 0.717) is 10.9 Å². The molecule has 0 spiro atoms. The number of carbonyl (C=O) groups excluding carboxylic acids is 2. The van der Waals surface area contributed by atoms with Crippen LogP contribution < -0.4 is 5.32 Å². The summed E-state index contributed by atoms with van der Waals surface area (Å²) in [5.41, 5.74) is 0.227. The van der Waals surface area contributed by atoms with Crippen LogP contribution in [0.25, 0.3) is 0 Å². The highest BCUT2D eigenvalue weighted by Crippen LogP contribution is 2.24. The predicted molar refractivity (Wildman–Crippen MR) is 77.7 cm³/mol. The highest BCUT2D eigenvalue weighted by atomic mass is 79.9. The number of anilines is 1. The average molecular weight is 343 g/mol. The predicted octanol–water partition coefficient (Wildman–Crippen LogP) is 2.93. The van der Waals surface area contributed by atoms with Gasteiger partial charge in [-0.2, -0.15) is 0 Å². The zero-order chi connectivity index (χ0) is 14.9. The molecule has 1 aromatic carbocycles. The Balaban J connectivity index is 2.15. The van der Waals surface area contributed by atoms with E-state index in [1.54, 1.807) is 12.1 Å². The van der Waals surface area contributed by atoms with Crippen LogP contribution in [0.4, 0.5) is 10.1 Å². The third-order valence-electron chi connectivity index (χ3n) is 3.48. The summed E-state index contributed by atoms with van der Waals surface area (Å²) in [6, 6.07) is 3.72. The zero-order valence-corrected chi connectivity index (χ0v) is 12.9. The van der Waals surface area contributed by atoms with E-state index in [1.807, 2.05) is 13.8 Å². The van der Waals surface area contributed by atoms with Crippen molar-refractivity contribution in [2.24, 2.45) is 0 Å². The van der Waals surface area contributed by atoms with Crippen molar-refractivity contribution in [1.82, 2.24) is 4.90 Å². The van der Waals surface area contributed by atoms with Crippen molar-refractivity contribution in [1.29, 1.82) is 0 Å². The van der Waals surface area contributed by atoms with Crippen LogP contribution in [0, 0.1) is 5.82 Å². The number of benzene rings is 1. The number of hydrogen-bond acceptors (Lipinski definition) is 3. The molecule has 20 heavy (non-hydrogen) atoms. The van der Waals surface area contributed by atoms with Crippen molar-refractivity contribution in [2.75, 3.05) is 5.32 Å². The summed E-state index contributed by atoms with van der Waals surface area (Å²) < 4.78 is 14.4. The highest BCUT2D eigenvalue weighted by Gasteiger charge is 2.40. The molecule has 1 aliphatic rings. The number of rotatable bonds is 4. The Kier molecular flexibility index (Phi) is 4.42. The summed E-state index contributed by atoms with van der Waals surface area (Å²) in [5.74, 6) is -0.951. The second-order valence-corrected chi connectivity index (χ2v) is 5.80. The van der Waals surface area contributed by atoms with Crippen molar-refractivity contribution in [2.45, 2.75) is 38.8 Å². The minimum Gasteiger partial charge on any atom is -0.371 e. The molecule has 0 radical (unpaired) electrons. The third kappa shape index (κ3) is 2.85. The van der Waals surface area contributed by atoms with E-state index in [1.165, 1.54) is 11.0 Å². The number of nitrogens with zero attached hydrogens (tertiary/aromatic N) is 1. The van der Waals surface area contributed by atoms with Gasteiger partial charge in [0.1, 0.15) is 11.9 Å². The fourth-order valence-electron chi connectivity index (χ4n) is 2.20. The molecular weight excluding hydrogens is 327 g/mol. The van der Waals surface area contributed by atoms with Crippen LogP contribution in [-0.2, 0) is 9.59 Å². The first-order chi connectivity index (χ1) is 9.43. The van der Waals surface area contributed by atoms with Gasteiger partial charge in [-0.15, -0.1) is 0 Å². The van der Waals surface area contributed by atoms with Crippen LogP contribution in [0.5, 0.6) is 0 Å². The molecule has 4 nitrogen and oxygen atoms in total. The number of amides is 2. The summed E-state index contributed by atoms with van der Waals surface area (Å²) in [4.78, 5) is 25.4. The normalized spacial score (nSPS) is 20.4. The molecule has 0 aromatic heterocycles. The summed E-state index contributed by atoms with van der Waals surface area (Å²) >= 11 is 3.17. The van der Waals surface area contributed by atoms with Crippen LogP contribution in [-0.4, -0.2) is 28.8 Å². The molecule has 1 fully saturated rings. The van der Waals surface area contributed by atoms with Crippen LogP contribution in [0.3, 0.4) is 0 Å². The molecule has 2 atom stereocenters. The summed E-state index contributed by atoms with van der Waals surface area (Å²) in [6.07, 6.45) is 0.773. The molecular formula is C14H16BrFN2O2. The second-order valence-electron chi connectivity index (χ2n) is 4.88. The Bertz CT molecular complexity index is 550. The van der Waals surface area contributed by atoms with Gasteiger partial charge in [0.25, 0.3) is 5.91 Å². The van der Waals surface area contributed by atoms with E-state index in [4.69, 9.17) is 0 Å². The van der Waals surface area contributed by atoms with Crippen LogP contribution >= 0.6 is 15.9 Å². The largest absolute Gasteiger partial charge is 0.371 e. The van der Waals surface area contributed by atoms with E-state index in [0.717, 1.165) is 0 Å². The molecule has 0 bridgehead atoms. The lowest BCUT2D eigenvalue weighted by molar-refractivity contribution is -0.140. The molecule has 108 valence electrons. The molecule has 1 aromatic rings. The Morgan fingerprint density at radius 1 is 1.50 bits per heavy atom. The second kappa shape index (κ2) is 5.91. The Labute approximate surface area is 125 Å². The van der Waals surface area contributed by atoms with Crippen molar-refractivity contribution in [3.63, 3.8) is 0 Å². The van der Waals surface area contributed by atoms with Gasteiger partial charge in [-0.3, -0.25) is 14.5 Å². The maximum atomic E-state index is 13.7. The van der Waals surface area contributed by atoms with Gasteiger partial charge in [0.15, 0.2) is 0 Å². The molecule has 1 aliphatic heterocycles. The zero-order valence-electron chi connectivity index (χ0n) is 11.3. The Hall–Kier alpha value is -1.43. The van der Waals surface area contributed by atoms with Gasteiger partial charge in [-0.25, -0.2) is 4.39 Å². The lowest BCUT2D eigenvalue weighted by Gasteiger charge is -2.22. The quantitative estimate of drug-likeness (QED) is 0.856. The van der Waals surface area contributed by atoms with Crippen molar-refractivity contribution < 1.29 is 14.0 Å². The van der Waals surface area contributed by atoms with E-state index < -0.39 is 11.9 Å². The summed E-state index contributed by atoms with van der Waals surface area (Å²) in [7, 11) is 0. The lowest BCUT2D eigenvalue weighted by Crippen LogP contribution is -2.40. The van der Waals surface area contributed by atoms with E-state index in [9.17, 15) is 14.0 Å². The molecule has 1 saturated heterocycles. The SMILES string of the molecule is CCC(C)N1C(=O)CC(Nc2ccc(Br)cc2F)C1=O. The number of likely N-dealkylation sites (tertiary alicyclic amines) is 1. The third-order valence-corrected chi connectivity index (χ3v) is 3.97. The molecule has 2 unspecified atom stereocenters. The molecule has 1 heterocycles. The molecule has 1 N–H and O–H groups in total. The number of imide groups is 1. The lowest BCUT2D eigenvalue weighted by atomic mass is 10.2. The molecule has 0 saturated carbocycles. The fourth-order valence-corrected chi connectivity index (χ4v) is 2.54. The first-order valence-corrected chi connectivity index (χ1v) is 7.30. The van der Waals surface area contributed by atoms with E-state index in [-0.39, 0.29) is 30.0 Å². The van der Waals surface area contributed by atoms with Crippen molar-refractivity contribution in [3.05, 3.63) is 28.5 Å².